The maximum atomic E-state index is 8.53. The van der Waals surface area contributed by atoms with E-state index < -0.39 is 0 Å². The summed E-state index contributed by atoms with van der Waals surface area (Å²) >= 11 is 0. The van der Waals surface area contributed by atoms with Crippen LogP contribution in [-0.2, 0) is 4.74 Å². The highest BCUT2D eigenvalue weighted by atomic mass is 16.5. The minimum absolute atomic E-state index is 0.0867. The number of aliphatic hydroxyl groups excluding tert-OH is 1. The van der Waals surface area contributed by atoms with Gasteiger partial charge in [0.15, 0.2) is 0 Å². The molecule has 3 nitrogen and oxygen atoms in total. The average molecular weight is 209 g/mol. The second-order valence-corrected chi connectivity index (χ2v) is 3.53. The van der Waals surface area contributed by atoms with Crippen molar-refractivity contribution >= 4 is 5.69 Å². The standard InChI is InChI=1S/C12H19NO2/c1-10-4-3-5-11(2)12(10)13-6-8-15-9-7-14/h3-5,13-14H,6-9H2,1-2H3. The minimum atomic E-state index is 0.0867. The SMILES string of the molecule is Cc1cccc(C)c1NCCOCCO. The normalized spacial score (nSPS) is 10.3. The molecule has 0 amide bonds. The van der Waals surface area contributed by atoms with Crippen LogP contribution in [0.2, 0.25) is 0 Å². The van der Waals surface area contributed by atoms with Crippen molar-refractivity contribution in [1.29, 1.82) is 0 Å². The van der Waals surface area contributed by atoms with Gasteiger partial charge in [-0.1, -0.05) is 18.2 Å². The number of ether oxygens (including phenoxy) is 1. The Hall–Kier alpha value is -1.06. The molecule has 0 aliphatic carbocycles. The second kappa shape index (κ2) is 6.43. The van der Waals surface area contributed by atoms with E-state index in [2.05, 4.69) is 37.4 Å². The maximum Gasteiger partial charge on any atom is 0.0698 e. The molecule has 3 heteroatoms. The Morgan fingerprint density at radius 3 is 2.47 bits per heavy atom. The van der Waals surface area contributed by atoms with Crippen molar-refractivity contribution in [3.8, 4) is 0 Å². The van der Waals surface area contributed by atoms with Crippen LogP contribution in [0.1, 0.15) is 11.1 Å². The van der Waals surface area contributed by atoms with Gasteiger partial charge in [0, 0.05) is 12.2 Å². The van der Waals surface area contributed by atoms with Crippen LogP contribution in [0.4, 0.5) is 5.69 Å². The van der Waals surface area contributed by atoms with Gasteiger partial charge >= 0.3 is 0 Å². The summed E-state index contributed by atoms with van der Waals surface area (Å²) in [5.74, 6) is 0. The molecule has 0 heterocycles. The van der Waals surface area contributed by atoms with Gasteiger partial charge in [0.1, 0.15) is 0 Å². The molecule has 0 aliphatic heterocycles. The molecule has 84 valence electrons. The lowest BCUT2D eigenvalue weighted by Crippen LogP contribution is -2.12. The predicted molar refractivity (Wildman–Crippen MR) is 62.3 cm³/mol. The van der Waals surface area contributed by atoms with Crippen LogP contribution < -0.4 is 5.32 Å². The Labute approximate surface area is 91.1 Å². The molecule has 1 rings (SSSR count). The predicted octanol–water partition coefficient (Wildman–Crippen LogP) is 1.72. The van der Waals surface area contributed by atoms with E-state index in [1.165, 1.54) is 16.8 Å². The fourth-order valence-electron chi connectivity index (χ4n) is 1.51. The van der Waals surface area contributed by atoms with Crippen molar-refractivity contribution in [2.75, 3.05) is 31.7 Å². The molecule has 0 unspecified atom stereocenters. The molecule has 15 heavy (non-hydrogen) atoms. The molecular formula is C12H19NO2. The molecule has 0 bridgehead atoms. The van der Waals surface area contributed by atoms with Crippen LogP contribution in [0.3, 0.4) is 0 Å². The monoisotopic (exact) mass is 209 g/mol. The van der Waals surface area contributed by atoms with Crippen molar-refractivity contribution in [2.24, 2.45) is 0 Å². The van der Waals surface area contributed by atoms with E-state index in [0.29, 0.717) is 13.2 Å². The van der Waals surface area contributed by atoms with Crippen molar-refractivity contribution in [2.45, 2.75) is 13.8 Å². The van der Waals surface area contributed by atoms with E-state index in [0.717, 1.165) is 6.54 Å². The van der Waals surface area contributed by atoms with E-state index in [1.54, 1.807) is 0 Å². The van der Waals surface area contributed by atoms with E-state index in [4.69, 9.17) is 9.84 Å². The van der Waals surface area contributed by atoms with Gasteiger partial charge in [-0.25, -0.2) is 0 Å². The van der Waals surface area contributed by atoms with Crippen LogP contribution in [0, 0.1) is 13.8 Å². The van der Waals surface area contributed by atoms with E-state index in [9.17, 15) is 0 Å². The largest absolute Gasteiger partial charge is 0.394 e. The molecule has 0 saturated carbocycles. The first-order chi connectivity index (χ1) is 7.25. The highest BCUT2D eigenvalue weighted by Crippen LogP contribution is 2.18. The highest BCUT2D eigenvalue weighted by molar-refractivity contribution is 5.56. The lowest BCUT2D eigenvalue weighted by atomic mass is 10.1. The summed E-state index contributed by atoms with van der Waals surface area (Å²) in [5.41, 5.74) is 3.68. The number of aryl methyl sites for hydroxylation is 2. The van der Waals surface area contributed by atoms with E-state index in [-0.39, 0.29) is 6.61 Å². The summed E-state index contributed by atoms with van der Waals surface area (Å²) in [5, 5.41) is 11.9. The lowest BCUT2D eigenvalue weighted by molar-refractivity contribution is 0.0992. The second-order valence-electron chi connectivity index (χ2n) is 3.53. The Morgan fingerprint density at radius 1 is 1.20 bits per heavy atom. The molecule has 1 aromatic carbocycles. The average Bonchev–Trinajstić information content (AvgIpc) is 2.21. The van der Waals surface area contributed by atoms with Crippen LogP contribution in [0.5, 0.6) is 0 Å². The Bertz CT molecular complexity index is 279. The summed E-state index contributed by atoms with van der Waals surface area (Å²) in [6, 6.07) is 6.23. The summed E-state index contributed by atoms with van der Waals surface area (Å²) in [7, 11) is 0. The van der Waals surface area contributed by atoms with Crippen LogP contribution in [-0.4, -0.2) is 31.5 Å². The van der Waals surface area contributed by atoms with Gasteiger partial charge in [-0.15, -0.1) is 0 Å². The zero-order valence-electron chi connectivity index (χ0n) is 9.42. The number of para-hydroxylation sites is 1. The molecule has 0 radical (unpaired) electrons. The summed E-state index contributed by atoms with van der Waals surface area (Å²) in [6.45, 7) is 6.06. The molecule has 0 atom stereocenters. The van der Waals surface area contributed by atoms with Crippen molar-refractivity contribution < 1.29 is 9.84 Å². The molecule has 0 aliphatic rings. The molecule has 0 fully saturated rings. The number of hydrogen-bond donors (Lipinski definition) is 2. The molecule has 1 aromatic rings. The van der Waals surface area contributed by atoms with Crippen molar-refractivity contribution in [1.82, 2.24) is 0 Å². The van der Waals surface area contributed by atoms with Gasteiger partial charge in [0.2, 0.25) is 0 Å². The molecule has 0 aromatic heterocycles. The summed E-state index contributed by atoms with van der Waals surface area (Å²) in [6.07, 6.45) is 0. The number of benzene rings is 1. The maximum absolute atomic E-state index is 8.53. The Kier molecular flexibility index (Phi) is 5.15. The number of nitrogens with one attached hydrogen (secondary N) is 1. The number of anilines is 1. The highest BCUT2D eigenvalue weighted by Gasteiger charge is 1.99. The first kappa shape index (κ1) is 12.0. The Morgan fingerprint density at radius 2 is 1.87 bits per heavy atom. The van der Waals surface area contributed by atoms with Crippen LogP contribution >= 0.6 is 0 Å². The van der Waals surface area contributed by atoms with Crippen LogP contribution in [0.25, 0.3) is 0 Å². The van der Waals surface area contributed by atoms with E-state index >= 15 is 0 Å². The van der Waals surface area contributed by atoms with Crippen LogP contribution in [0.15, 0.2) is 18.2 Å². The third-order valence-corrected chi connectivity index (χ3v) is 2.26. The third kappa shape index (κ3) is 3.90. The zero-order chi connectivity index (χ0) is 11.1. The van der Waals surface area contributed by atoms with Crippen molar-refractivity contribution in [3.63, 3.8) is 0 Å². The van der Waals surface area contributed by atoms with E-state index in [1.807, 2.05) is 0 Å². The van der Waals surface area contributed by atoms with Gasteiger partial charge < -0.3 is 15.2 Å². The lowest BCUT2D eigenvalue weighted by Gasteiger charge is -2.12. The summed E-state index contributed by atoms with van der Waals surface area (Å²) in [4.78, 5) is 0. The van der Waals surface area contributed by atoms with Gasteiger partial charge in [-0.3, -0.25) is 0 Å². The third-order valence-electron chi connectivity index (χ3n) is 2.26. The van der Waals surface area contributed by atoms with Gasteiger partial charge in [0.25, 0.3) is 0 Å². The molecule has 0 spiro atoms. The topological polar surface area (TPSA) is 41.5 Å². The zero-order valence-corrected chi connectivity index (χ0v) is 9.42. The number of aliphatic hydroxyl groups is 1. The first-order valence-corrected chi connectivity index (χ1v) is 5.24. The van der Waals surface area contributed by atoms with Gasteiger partial charge in [-0.05, 0) is 25.0 Å². The van der Waals surface area contributed by atoms with Gasteiger partial charge in [-0.2, -0.15) is 0 Å². The molecule has 0 saturated heterocycles. The molecular weight excluding hydrogens is 190 g/mol. The first-order valence-electron chi connectivity index (χ1n) is 5.24. The minimum Gasteiger partial charge on any atom is -0.394 e. The molecule has 2 N–H and O–H groups in total. The summed E-state index contributed by atoms with van der Waals surface area (Å²) < 4.78 is 5.17. The smallest absolute Gasteiger partial charge is 0.0698 e. The Balaban J connectivity index is 2.37. The quantitative estimate of drug-likeness (QED) is 0.701. The van der Waals surface area contributed by atoms with Crippen molar-refractivity contribution in [3.05, 3.63) is 29.3 Å². The van der Waals surface area contributed by atoms with Gasteiger partial charge in [0.05, 0.1) is 19.8 Å². The fraction of sp³-hybridized carbons (Fsp3) is 0.500. The number of hydrogen-bond acceptors (Lipinski definition) is 3. The fourth-order valence-corrected chi connectivity index (χ4v) is 1.51. The number of rotatable bonds is 6.